The van der Waals surface area contributed by atoms with Crippen LogP contribution in [0.25, 0.3) is 0 Å². The van der Waals surface area contributed by atoms with Gasteiger partial charge in [0.1, 0.15) is 18.2 Å². The summed E-state index contributed by atoms with van der Waals surface area (Å²) >= 11 is 0. The number of nitrogens with zero attached hydrogens (tertiary/aromatic N) is 4. The Bertz CT molecular complexity index is 1110. The number of ether oxygens (including phenoxy) is 3. The number of likely N-dealkylation sites (tertiary alicyclic amines) is 2. The molecule has 0 aliphatic carbocycles. The fourth-order valence-corrected chi connectivity index (χ4v) is 4.94. The molecule has 0 unspecified atom stereocenters. The summed E-state index contributed by atoms with van der Waals surface area (Å²) in [5.41, 5.74) is 0.817. The number of aromatic nitrogens is 2. The molecule has 208 valence electrons. The Morgan fingerprint density at radius 2 is 1.82 bits per heavy atom. The molecule has 0 N–H and O–H groups in total. The molecule has 2 saturated heterocycles. The molecule has 1 aromatic heterocycles. The molecule has 2 aromatic rings. The van der Waals surface area contributed by atoms with Crippen LogP contribution in [0.15, 0.2) is 18.5 Å². The second-order valence-electron chi connectivity index (χ2n) is 10.6. The lowest BCUT2D eigenvalue weighted by molar-refractivity contribution is 0.0505. The third kappa shape index (κ3) is 7.30. The minimum Gasteiger partial charge on any atom is -0.474 e. The van der Waals surface area contributed by atoms with Crippen molar-refractivity contribution in [2.75, 3.05) is 32.7 Å². The molecule has 0 radical (unpaired) electrons. The molecular formula is C28H38F2N4O4. The Morgan fingerprint density at radius 3 is 2.53 bits per heavy atom. The summed E-state index contributed by atoms with van der Waals surface area (Å²) in [5, 5.41) is 0. The third-order valence-electron chi connectivity index (χ3n) is 7.05. The number of rotatable bonds is 8. The number of benzene rings is 1. The van der Waals surface area contributed by atoms with Crippen LogP contribution < -0.4 is 9.47 Å². The average molecular weight is 533 g/mol. The molecule has 10 heteroatoms. The van der Waals surface area contributed by atoms with Crippen molar-refractivity contribution in [2.45, 2.75) is 72.0 Å². The zero-order valence-corrected chi connectivity index (χ0v) is 22.7. The van der Waals surface area contributed by atoms with Crippen LogP contribution in [0, 0.1) is 24.5 Å². The summed E-state index contributed by atoms with van der Waals surface area (Å²) in [6.45, 7) is 11.3. The van der Waals surface area contributed by atoms with E-state index in [1.165, 1.54) is 18.8 Å². The minimum absolute atomic E-state index is 0.0984. The first-order valence-electron chi connectivity index (χ1n) is 13.5. The van der Waals surface area contributed by atoms with E-state index in [0.29, 0.717) is 61.8 Å². The third-order valence-corrected chi connectivity index (χ3v) is 7.05. The van der Waals surface area contributed by atoms with E-state index in [4.69, 9.17) is 14.2 Å². The molecule has 2 fully saturated rings. The van der Waals surface area contributed by atoms with Gasteiger partial charge in [-0.15, -0.1) is 0 Å². The smallest absolute Gasteiger partial charge is 0.410 e. The Hall–Kier alpha value is -3.01. The maximum atomic E-state index is 14.9. The number of hydrogen-bond acceptors (Lipinski definition) is 7. The predicted molar refractivity (Wildman–Crippen MR) is 139 cm³/mol. The molecule has 0 saturated carbocycles. The van der Waals surface area contributed by atoms with Crippen molar-refractivity contribution in [3.63, 3.8) is 0 Å². The van der Waals surface area contributed by atoms with Gasteiger partial charge in [0.15, 0.2) is 11.6 Å². The fraction of sp³-hybridized carbons (Fsp3) is 0.607. The quantitative estimate of drug-likeness (QED) is 0.443. The highest BCUT2D eigenvalue weighted by molar-refractivity contribution is 5.67. The van der Waals surface area contributed by atoms with Crippen LogP contribution in [-0.4, -0.2) is 70.8 Å². The van der Waals surface area contributed by atoms with E-state index in [-0.39, 0.29) is 29.9 Å². The van der Waals surface area contributed by atoms with E-state index in [9.17, 15) is 13.6 Å². The van der Waals surface area contributed by atoms with Gasteiger partial charge < -0.3 is 24.0 Å². The van der Waals surface area contributed by atoms with Gasteiger partial charge in [-0.1, -0.05) is 6.92 Å². The second kappa shape index (κ2) is 12.7. The van der Waals surface area contributed by atoms with E-state index < -0.39 is 11.6 Å². The van der Waals surface area contributed by atoms with Crippen LogP contribution in [0.1, 0.15) is 57.6 Å². The van der Waals surface area contributed by atoms with Gasteiger partial charge in [0.05, 0.1) is 11.7 Å². The van der Waals surface area contributed by atoms with E-state index in [2.05, 4.69) is 21.8 Å². The first kappa shape index (κ1) is 28.0. The minimum atomic E-state index is -0.644. The molecule has 0 spiro atoms. The van der Waals surface area contributed by atoms with Crippen molar-refractivity contribution in [3.05, 3.63) is 41.2 Å². The largest absolute Gasteiger partial charge is 0.474 e. The number of carbonyl (C=O) groups excluding carboxylic acids is 1. The normalized spacial score (nSPS) is 19.0. The number of carbonyl (C=O) groups is 1. The van der Waals surface area contributed by atoms with Gasteiger partial charge in [-0.25, -0.2) is 23.5 Å². The lowest BCUT2D eigenvalue weighted by Gasteiger charge is -2.31. The molecule has 2 aliphatic rings. The van der Waals surface area contributed by atoms with Crippen molar-refractivity contribution in [3.8, 4) is 17.5 Å². The van der Waals surface area contributed by atoms with Gasteiger partial charge in [-0.2, -0.15) is 0 Å². The van der Waals surface area contributed by atoms with Crippen molar-refractivity contribution < 1.29 is 27.8 Å². The maximum Gasteiger partial charge on any atom is 0.410 e. The molecule has 3 heterocycles. The van der Waals surface area contributed by atoms with E-state index in [1.54, 1.807) is 11.8 Å². The zero-order valence-electron chi connectivity index (χ0n) is 22.7. The van der Waals surface area contributed by atoms with Crippen LogP contribution in [0.5, 0.6) is 17.5 Å². The Balaban J connectivity index is 1.36. The first-order valence-corrected chi connectivity index (χ1v) is 13.5. The molecule has 38 heavy (non-hydrogen) atoms. The number of amides is 1. The lowest BCUT2D eigenvalue weighted by Crippen LogP contribution is -2.42. The molecule has 1 aromatic carbocycles. The predicted octanol–water partition coefficient (Wildman–Crippen LogP) is 5.52. The second-order valence-corrected chi connectivity index (χ2v) is 10.6. The summed E-state index contributed by atoms with van der Waals surface area (Å²) in [4.78, 5) is 24.4. The van der Waals surface area contributed by atoms with Crippen LogP contribution >= 0.6 is 0 Å². The first-order chi connectivity index (χ1) is 18.2. The summed E-state index contributed by atoms with van der Waals surface area (Å²) in [6, 6.07) is 2.29. The standard InChI is InChI=1S/C28H38F2N4O4/c1-18(2)36-28(35)34-12-8-22(9-13-34)37-26-20(4)27(32-17-31-26)38-25-15-23(29)21(14-24(25)30)7-11-33-10-5-6-19(3)16-33/h14-15,17-19,22H,5-13,16H2,1-4H3/t19-/m1/s1. The highest BCUT2D eigenvalue weighted by atomic mass is 19.1. The molecule has 4 rings (SSSR count). The van der Waals surface area contributed by atoms with Crippen molar-refractivity contribution in [1.29, 1.82) is 0 Å². The van der Waals surface area contributed by atoms with E-state index >= 15 is 0 Å². The van der Waals surface area contributed by atoms with Gasteiger partial charge in [-0.3, -0.25) is 0 Å². The summed E-state index contributed by atoms with van der Waals surface area (Å²) in [5.74, 6) is -0.338. The molecule has 1 amide bonds. The van der Waals surface area contributed by atoms with Crippen LogP contribution in [0.3, 0.4) is 0 Å². The zero-order chi connectivity index (χ0) is 27.2. The number of piperidine rings is 2. The summed E-state index contributed by atoms with van der Waals surface area (Å²) in [6.07, 6.45) is 4.65. The Labute approximate surface area is 223 Å². The van der Waals surface area contributed by atoms with Gasteiger partial charge in [0, 0.05) is 45.1 Å². The molecular weight excluding hydrogens is 494 g/mol. The van der Waals surface area contributed by atoms with Gasteiger partial charge >= 0.3 is 6.09 Å². The number of hydrogen-bond donors (Lipinski definition) is 0. The van der Waals surface area contributed by atoms with Crippen molar-refractivity contribution in [2.24, 2.45) is 5.92 Å². The molecule has 2 aliphatic heterocycles. The summed E-state index contributed by atoms with van der Waals surface area (Å²) < 4.78 is 46.7. The van der Waals surface area contributed by atoms with E-state index in [0.717, 1.165) is 25.6 Å². The van der Waals surface area contributed by atoms with Crippen LogP contribution in [0.2, 0.25) is 0 Å². The van der Waals surface area contributed by atoms with Gasteiger partial charge in [-0.05, 0) is 64.1 Å². The van der Waals surface area contributed by atoms with Gasteiger partial charge in [0.25, 0.3) is 0 Å². The van der Waals surface area contributed by atoms with Crippen LogP contribution in [-0.2, 0) is 11.2 Å². The fourth-order valence-electron chi connectivity index (χ4n) is 4.94. The topological polar surface area (TPSA) is 77.0 Å². The summed E-state index contributed by atoms with van der Waals surface area (Å²) in [7, 11) is 0. The van der Waals surface area contributed by atoms with Crippen molar-refractivity contribution in [1.82, 2.24) is 19.8 Å². The Kier molecular flexibility index (Phi) is 9.35. The lowest BCUT2D eigenvalue weighted by atomic mass is 10.00. The Morgan fingerprint density at radius 1 is 1.08 bits per heavy atom. The molecule has 0 bridgehead atoms. The van der Waals surface area contributed by atoms with Gasteiger partial charge in [0.2, 0.25) is 11.8 Å². The SMILES string of the molecule is Cc1c(Oc2cc(F)c(CCN3CCC[C@@H](C)C3)cc2F)ncnc1OC1CCN(C(=O)OC(C)C)CC1. The van der Waals surface area contributed by atoms with E-state index in [1.807, 2.05) is 13.8 Å². The highest BCUT2D eigenvalue weighted by Crippen LogP contribution is 2.32. The average Bonchev–Trinajstić information content (AvgIpc) is 2.87. The monoisotopic (exact) mass is 532 g/mol. The molecule has 1 atom stereocenters. The molecule has 8 nitrogen and oxygen atoms in total. The van der Waals surface area contributed by atoms with Crippen molar-refractivity contribution >= 4 is 6.09 Å². The highest BCUT2D eigenvalue weighted by Gasteiger charge is 2.27. The number of halogens is 2. The van der Waals surface area contributed by atoms with Crippen LogP contribution in [0.4, 0.5) is 13.6 Å². The maximum absolute atomic E-state index is 14.9.